The largest absolute Gasteiger partial charge is 0.496 e. The van der Waals surface area contributed by atoms with Crippen LogP contribution in [0.15, 0.2) is 0 Å². The second-order valence-corrected chi connectivity index (χ2v) is 12.6. The van der Waals surface area contributed by atoms with E-state index in [1.165, 1.54) is 70.8 Å². The van der Waals surface area contributed by atoms with Crippen molar-refractivity contribution in [3.8, 4) is 5.75 Å². The Morgan fingerprint density at radius 3 is 1.82 bits per heavy atom. The number of aliphatic hydroxyl groups is 1. The summed E-state index contributed by atoms with van der Waals surface area (Å²) in [5, 5.41) is 11.1. The Morgan fingerprint density at radius 1 is 0.788 bits per heavy atom. The lowest BCUT2D eigenvalue weighted by atomic mass is 9.87. The molecule has 1 aromatic rings. The van der Waals surface area contributed by atoms with Gasteiger partial charge in [0, 0.05) is 3.57 Å². The Kier molecular flexibility index (Phi) is 13.9. The Hall–Kier alpha value is -0.290. The SMILES string of the molecule is COc1c(C)c(C)c(I)c(CC[C@](C)(O)CCC[C@H](C)CCC[C@H](C)CCCC(C)C)c1C. The van der Waals surface area contributed by atoms with Gasteiger partial charge in [-0.05, 0) is 110 Å². The number of halogens is 1. The van der Waals surface area contributed by atoms with E-state index in [1.807, 2.05) is 6.92 Å². The fraction of sp³-hybridized carbons (Fsp3) is 0.800. The summed E-state index contributed by atoms with van der Waals surface area (Å²) in [5.41, 5.74) is 4.50. The van der Waals surface area contributed by atoms with Crippen LogP contribution in [0.4, 0.5) is 0 Å². The molecule has 1 rings (SSSR count). The van der Waals surface area contributed by atoms with E-state index in [-0.39, 0.29) is 0 Å². The maximum absolute atomic E-state index is 11.1. The number of ether oxygens (including phenoxy) is 1. The highest BCUT2D eigenvalue weighted by atomic mass is 127. The highest BCUT2D eigenvalue weighted by Gasteiger charge is 2.23. The smallest absolute Gasteiger partial charge is 0.125 e. The molecule has 0 aromatic heterocycles. The minimum Gasteiger partial charge on any atom is -0.496 e. The highest BCUT2D eigenvalue weighted by Crippen LogP contribution is 2.35. The molecule has 3 heteroatoms. The third-order valence-corrected chi connectivity index (χ3v) is 9.15. The summed E-state index contributed by atoms with van der Waals surface area (Å²) >= 11 is 2.47. The number of hydrogen-bond donors (Lipinski definition) is 1. The van der Waals surface area contributed by atoms with Crippen LogP contribution in [0.3, 0.4) is 0 Å². The van der Waals surface area contributed by atoms with E-state index in [1.54, 1.807) is 7.11 Å². The van der Waals surface area contributed by atoms with E-state index in [9.17, 15) is 5.11 Å². The first kappa shape index (κ1) is 30.7. The van der Waals surface area contributed by atoms with Crippen LogP contribution in [-0.4, -0.2) is 17.8 Å². The van der Waals surface area contributed by atoms with Gasteiger partial charge in [-0.25, -0.2) is 0 Å². The molecule has 0 saturated heterocycles. The van der Waals surface area contributed by atoms with E-state index in [0.29, 0.717) is 0 Å². The molecule has 0 aliphatic carbocycles. The van der Waals surface area contributed by atoms with E-state index in [2.05, 4.69) is 71.1 Å². The van der Waals surface area contributed by atoms with Crippen LogP contribution in [0.1, 0.15) is 121 Å². The van der Waals surface area contributed by atoms with Gasteiger partial charge in [0.15, 0.2) is 0 Å². The van der Waals surface area contributed by atoms with Crippen LogP contribution in [0.2, 0.25) is 0 Å². The zero-order chi connectivity index (χ0) is 25.2. The molecule has 0 bridgehead atoms. The lowest BCUT2D eigenvalue weighted by Gasteiger charge is -2.26. The fourth-order valence-corrected chi connectivity index (χ4v) is 6.15. The molecule has 0 saturated carbocycles. The summed E-state index contributed by atoms with van der Waals surface area (Å²) in [6.45, 7) is 18.0. The average Bonchev–Trinajstić information content (AvgIpc) is 2.72. The van der Waals surface area contributed by atoms with Crippen molar-refractivity contribution in [2.45, 2.75) is 132 Å². The van der Waals surface area contributed by atoms with Gasteiger partial charge in [0.05, 0.1) is 12.7 Å². The number of benzene rings is 1. The van der Waals surface area contributed by atoms with Gasteiger partial charge in [0.25, 0.3) is 0 Å². The first-order valence-corrected chi connectivity index (χ1v) is 14.5. The Morgan fingerprint density at radius 2 is 1.30 bits per heavy atom. The molecule has 0 unspecified atom stereocenters. The fourth-order valence-electron chi connectivity index (χ4n) is 5.08. The first-order valence-electron chi connectivity index (χ1n) is 13.4. The van der Waals surface area contributed by atoms with Gasteiger partial charge >= 0.3 is 0 Å². The molecule has 2 nitrogen and oxygen atoms in total. The van der Waals surface area contributed by atoms with Gasteiger partial charge in [-0.3, -0.25) is 0 Å². The molecule has 192 valence electrons. The molecule has 1 N–H and O–H groups in total. The molecule has 0 radical (unpaired) electrons. The van der Waals surface area contributed by atoms with Crippen molar-refractivity contribution in [2.75, 3.05) is 7.11 Å². The Bertz CT molecular complexity index is 708. The molecule has 3 atom stereocenters. The van der Waals surface area contributed by atoms with Crippen LogP contribution in [0.5, 0.6) is 5.75 Å². The summed E-state index contributed by atoms with van der Waals surface area (Å²) in [6, 6.07) is 0. The van der Waals surface area contributed by atoms with Crippen molar-refractivity contribution in [3.63, 3.8) is 0 Å². The number of rotatable bonds is 16. The second-order valence-electron chi connectivity index (χ2n) is 11.6. The van der Waals surface area contributed by atoms with Gasteiger partial charge in [0.2, 0.25) is 0 Å². The molecule has 0 amide bonds. The quantitative estimate of drug-likeness (QED) is 0.200. The van der Waals surface area contributed by atoms with Crippen molar-refractivity contribution in [1.29, 1.82) is 0 Å². The Balaban J connectivity index is 2.41. The normalized spacial score (nSPS) is 15.5. The third kappa shape index (κ3) is 10.9. The topological polar surface area (TPSA) is 29.5 Å². The number of methoxy groups -OCH3 is 1. The molecule has 1 aromatic carbocycles. The third-order valence-electron chi connectivity index (χ3n) is 7.69. The summed E-state index contributed by atoms with van der Waals surface area (Å²) in [7, 11) is 1.76. The van der Waals surface area contributed by atoms with Gasteiger partial charge in [-0.15, -0.1) is 0 Å². The van der Waals surface area contributed by atoms with Crippen LogP contribution in [0.25, 0.3) is 0 Å². The Labute approximate surface area is 219 Å². The molecular weight excluding hydrogens is 519 g/mol. The summed E-state index contributed by atoms with van der Waals surface area (Å²) in [6.07, 6.45) is 13.1. The second kappa shape index (κ2) is 15.0. The summed E-state index contributed by atoms with van der Waals surface area (Å²) in [4.78, 5) is 0. The minimum absolute atomic E-state index is 0.605. The summed E-state index contributed by atoms with van der Waals surface area (Å²) < 4.78 is 7.01. The molecule has 0 aliphatic heterocycles. The van der Waals surface area contributed by atoms with Crippen molar-refractivity contribution < 1.29 is 9.84 Å². The van der Waals surface area contributed by atoms with Crippen LogP contribution >= 0.6 is 22.6 Å². The summed E-state index contributed by atoms with van der Waals surface area (Å²) in [5.74, 6) is 3.47. The zero-order valence-corrected chi connectivity index (χ0v) is 25.4. The first-order chi connectivity index (χ1) is 15.4. The zero-order valence-electron chi connectivity index (χ0n) is 23.2. The number of hydrogen-bond acceptors (Lipinski definition) is 2. The molecular formula is C30H53IO2. The minimum atomic E-state index is -0.605. The molecule has 0 aliphatic rings. The maximum Gasteiger partial charge on any atom is 0.125 e. The predicted octanol–water partition coefficient (Wildman–Crippen LogP) is 9.35. The predicted molar refractivity (Wildman–Crippen MR) is 154 cm³/mol. The lowest BCUT2D eigenvalue weighted by molar-refractivity contribution is 0.0385. The van der Waals surface area contributed by atoms with E-state index in [4.69, 9.17) is 4.74 Å². The van der Waals surface area contributed by atoms with Crippen molar-refractivity contribution in [2.24, 2.45) is 17.8 Å². The van der Waals surface area contributed by atoms with Crippen LogP contribution in [0, 0.1) is 42.1 Å². The van der Waals surface area contributed by atoms with Gasteiger partial charge in [-0.1, -0.05) is 79.1 Å². The van der Waals surface area contributed by atoms with Crippen molar-refractivity contribution in [1.82, 2.24) is 0 Å². The van der Waals surface area contributed by atoms with Gasteiger partial charge < -0.3 is 9.84 Å². The highest BCUT2D eigenvalue weighted by molar-refractivity contribution is 14.1. The van der Waals surface area contributed by atoms with Crippen LogP contribution in [-0.2, 0) is 6.42 Å². The monoisotopic (exact) mass is 572 g/mol. The standard InChI is InChI=1S/C30H53IO2/c1-21(2)13-10-14-22(3)15-11-16-23(4)17-12-19-30(8,32)20-18-27-26(7)29(33-9)25(6)24(5)28(27)31/h21-23,32H,10-20H2,1-9H3/t22-,23-,30-/m1/s1. The molecule has 0 fully saturated rings. The lowest BCUT2D eigenvalue weighted by Crippen LogP contribution is -2.25. The van der Waals surface area contributed by atoms with Crippen molar-refractivity contribution >= 4 is 22.6 Å². The van der Waals surface area contributed by atoms with E-state index < -0.39 is 5.60 Å². The average molecular weight is 573 g/mol. The van der Waals surface area contributed by atoms with Crippen LogP contribution < -0.4 is 4.74 Å². The molecule has 0 heterocycles. The van der Waals surface area contributed by atoms with E-state index >= 15 is 0 Å². The maximum atomic E-state index is 11.1. The van der Waals surface area contributed by atoms with Crippen molar-refractivity contribution in [3.05, 3.63) is 25.8 Å². The molecule has 0 spiro atoms. The van der Waals surface area contributed by atoms with E-state index in [0.717, 1.165) is 49.2 Å². The molecule has 33 heavy (non-hydrogen) atoms. The van der Waals surface area contributed by atoms with Gasteiger partial charge in [0.1, 0.15) is 5.75 Å². The van der Waals surface area contributed by atoms with Gasteiger partial charge in [-0.2, -0.15) is 0 Å².